The number of rotatable bonds is 12. The summed E-state index contributed by atoms with van der Waals surface area (Å²) in [5.41, 5.74) is 6.37. The molecule has 1 aromatic carbocycles. The highest BCUT2D eigenvalue weighted by molar-refractivity contribution is 7.80. The molecular formula is C15H23NO4S. The monoisotopic (exact) mass is 313 g/mol. The van der Waals surface area contributed by atoms with Crippen molar-refractivity contribution in [2.24, 2.45) is 5.73 Å². The fourth-order valence-electron chi connectivity index (χ4n) is 1.57. The summed E-state index contributed by atoms with van der Waals surface area (Å²) in [7, 11) is 1.66. The number of methoxy groups -OCH3 is 1. The molecule has 0 aliphatic rings. The van der Waals surface area contributed by atoms with Crippen LogP contribution in [0, 0.1) is 0 Å². The molecule has 1 rings (SSSR count). The van der Waals surface area contributed by atoms with E-state index in [-0.39, 0.29) is 0 Å². The number of hydrogen-bond acceptors (Lipinski definition) is 5. The zero-order valence-electron chi connectivity index (χ0n) is 12.4. The molecule has 0 radical (unpaired) electrons. The van der Waals surface area contributed by atoms with Crippen LogP contribution < -0.4 is 10.5 Å². The van der Waals surface area contributed by atoms with Crippen LogP contribution in [0.25, 0.3) is 0 Å². The molecule has 0 heterocycles. The van der Waals surface area contributed by atoms with Crippen molar-refractivity contribution in [3.63, 3.8) is 0 Å². The van der Waals surface area contributed by atoms with Gasteiger partial charge in [0.25, 0.3) is 0 Å². The van der Waals surface area contributed by atoms with Gasteiger partial charge in [0.1, 0.15) is 17.3 Å². The van der Waals surface area contributed by atoms with E-state index in [1.165, 1.54) is 0 Å². The minimum atomic E-state index is 0.366. The minimum Gasteiger partial charge on any atom is -0.491 e. The molecule has 0 aromatic heterocycles. The smallest absolute Gasteiger partial charge is 0.120 e. The molecule has 118 valence electrons. The number of hydrogen-bond donors (Lipinski definition) is 1. The van der Waals surface area contributed by atoms with Gasteiger partial charge in [0.15, 0.2) is 0 Å². The highest BCUT2D eigenvalue weighted by Crippen LogP contribution is 2.13. The van der Waals surface area contributed by atoms with E-state index in [1.807, 2.05) is 24.3 Å². The lowest BCUT2D eigenvalue weighted by Gasteiger charge is -2.08. The van der Waals surface area contributed by atoms with E-state index in [1.54, 1.807) is 7.11 Å². The molecule has 6 heteroatoms. The van der Waals surface area contributed by atoms with Crippen molar-refractivity contribution in [1.29, 1.82) is 0 Å². The first-order valence-corrected chi connectivity index (χ1v) is 7.32. The van der Waals surface area contributed by atoms with Crippen molar-refractivity contribution in [1.82, 2.24) is 0 Å². The number of thiocarbonyl (C=S) groups is 1. The topological polar surface area (TPSA) is 62.9 Å². The van der Waals surface area contributed by atoms with Crippen molar-refractivity contribution >= 4 is 17.2 Å². The van der Waals surface area contributed by atoms with Gasteiger partial charge >= 0.3 is 0 Å². The van der Waals surface area contributed by atoms with Crippen LogP contribution in [0.4, 0.5) is 0 Å². The maximum atomic E-state index is 5.57. The van der Waals surface area contributed by atoms with Crippen molar-refractivity contribution in [2.75, 3.05) is 46.8 Å². The number of benzene rings is 1. The van der Waals surface area contributed by atoms with Crippen LogP contribution >= 0.6 is 12.2 Å². The van der Waals surface area contributed by atoms with Crippen LogP contribution in [0.15, 0.2) is 24.3 Å². The van der Waals surface area contributed by atoms with Gasteiger partial charge in [-0.15, -0.1) is 0 Å². The van der Waals surface area contributed by atoms with Crippen LogP contribution in [0.1, 0.15) is 12.0 Å². The maximum absolute atomic E-state index is 5.57. The summed E-state index contributed by atoms with van der Waals surface area (Å²) < 4.78 is 21.2. The lowest BCUT2D eigenvalue weighted by molar-refractivity contribution is 0.0459. The Hall–Kier alpha value is -1.21. The van der Waals surface area contributed by atoms with E-state index in [4.69, 9.17) is 36.9 Å². The van der Waals surface area contributed by atoms with Gasteiger partial charge in [-0.2, -0.15) is 0 Å². The van der Waals surface area contributed by atoms with Crippen molar-refractivity contribution in [2.45, 2.75) is 6.42 Å². The molecular weight excluding hydrogens is 290 g/mol. The van der Waals surface area contributed by atoms with Gasteiger partial charge < -0.3 is 24.7 Å². The van der Waals surface area contributed by atoms with Gasteiger partial charge in [-0.3, -0.25) is 0 Å². The summed E-state index contributed by atoms with van der Waals surface area (Å²) in [4.78, 5) is 0.366. The fourth-order valence-corrected chi connectivity index (χ4v) is 1.69. The number of nitrogens with two attached hydrogens (primary N) is 1. The molecule has 0 spiro atoms. The Morgan fingerprint density at radius 3 is 2.43 bits per heavy atom. The normalized spacial score (nSPS) is 10.5. The standard InChI is InChI=1S/C15H23NO4S/c1-17-8-9-18-6-3-7-19-10-11-20-14-5-2-4-13(12-14)15(16)21/h2,4-5,12H,3,6-11H2,1H3,(H2,16,21). The summed E-state index contributed by atoms with van der Waals surface area (Å²) in [6.07, 6.45) is 0.862. The molecule has 21 heavy (non-hydrogen) atoms. The molecule has 0 aliphatic heterocycles. The Bertz CT molecular complexity index is 414. The predicted octanol–water partition coefficient (Wildman–Crippen LogP) is 1.77. The average Bonchev–Trinajstić information content (AvgIpc) is 2.49. The Balaban J connectivity index is 2.01. The summed E-state index contributed by atoms with van der Waals surface area (Å²) in [5, 5.41) is 0. The molecule has 0 atom stereocenters. The highest BCUT2D eigenvalue weighted by atomic mass is 32.1. The molecule has 1 aromatic rings. The molecule has 2 N–H and O–H groups in total. The lowest BCUT2D eigenvalue weighted by atomic mass is 10.2. The largest absolute Gasteiger partial charge is 0.491 e. The van der Waals surface area contributed by atoms with Crippen LogP contribution in [0.2, 0.25) is 0 Å². The summed E-state index contributed by atoms with van der Waals surface area (Å²) in [6.45, 7) is 3.61. The van der Waals surface area contributed by atoms with Gasteiger partial charge in [-0.25, -0.2) is 0 Å². The summed E-state index contributed by atoms with van der Waals surface area (Å²) in [5.74, 6) is 0.742. The van der Waals surface area contributed by atoms with E-state index < -0.39 is 0 Å². The van der Waals surface area contributed by atoms with Crippen molar-refractivity contribution < 1.29 is 18.9 Å². The zero-order chi connectivity index (χ0) is 15.3. The Morgan fingerprint density at radius 1 is 1.05 bits per heavy atom. The summed E-state index contributed by atoms with van der Waals surface area (Å²) >= 11 is 4.92. The third-order valence-corrected chi connectivity index (χ3v) is 2.86. The average molecular weight is 313 g/mol. The Morgan fingerprint density at radius 2 is 1.76 bits per heavy atom. The Kier molecular flexibility index (Phi) is 9.73. The van der Waals surface area contributed by atoms with Gasteiger partial charge in [-0.05, 0) is 18.6 Å². The first-order valence-electron chi connectivity index (χ1n) is 6.91. The lowest BCUT2D eigenvalue weighted by Crippen LogP contribution is -2.11. The molecule has 0 aliphatic carbocycles. The number of ether oxygens (including phenoxy) is 4. The minimum absolute atomic E-state index is 0.366. The van der Waals surface area contributed by atoms with E-state index >= 15 is 0 Å². The molecule has 0 saturated carbocycles. The fraction of sp³-hybridized carbons (Fsp3) is 0.533. The second kappa shape index (κ2) is 11.4. The molecule has 0 saturated heterocycles. The third-order valence-electron chi connectivity index (χ3n) is 2.62. The second-order valence-electron chi connectivity index (χ2n) is 4.31. The quantitative estimate of drug-likeness (QED) is 0.469. The van der Waals surface area contributed by atoms with E-state index in [0.29, 0.717) is 44.6 Å². The third kappa shape index (κ3) is 8.62. The van der Waals surface area contributed by atoms with Gasteiger partial charge in [0.2, 0.25) is 0 Å². The van der Waals surface area contributed by atoms with Crippen LogP contribution in [0.3, 0.4) is 0 Å². The predicted molar refractivity (Wildman–Crippen MR) is 86.0 cm³/mol. The molecule has 0 amide bonds. The van der Waals surface area contributed by atoms with Gasteiger partial charge in [-0.1, -0.05) is 24.4 Å². The summed E-state index contributed by atoms with van der Waals surface area (Å²) in [6, 6.07) is 7.41. The van der Waals surface area contributed by atoms with Crippen molar-refractivity contribution in [3.05, 3.63) is 29.8 Å². The van der Waals surface area contributed by atoms with Crippen LogP contribution in [-0.2, 0) is 14.2 Å². The van der Waals surface area contributed by atoms with E-state index in [0.717, 1.165) is 17.7 Å². The van der Waals surface area contributed by atoms with Gasteiger partial charge in [0, 0.05) is 25.9 Å². The van der Waals surface area contributed by atoms with Crippen LogP contribution in [0.5, 0.6) is 5.75 Å². The molecule has 0 unspecified atom stereocenters. The SMILES string of the molecule is COCCOCCCOCCOc1cccc(C(N)=S)c1. The van der Waals surface area contributed by atoms with Gasteiger partial charge in [0.05, 0.1) is 19.8 Å². The molecule has 5 nitrogen and oxygen atoms in total. The maximum Gasteiger partial charge on any atom is 0.120 e. The zero-order valence-corrected chi connectivity index (χ0v) is 13.2. The first-order chi connectivity index (χ1) is 10.2. The van der Waals surface area contributed by atoms with E-state index in [2.05, 4.69) is 0 Å². The second-order valence-corrected chi connectivity index (χ2v) is 4.75. The highest BCUT2D eigenvalue weighted by Gasteiger charge is 1.99. The Labute approximate surface area is 131 Å². The first kappa shape index (κ1) is 17.8. The van der Waals surface area contributed by atoms with E-state index in [9.17, 15) is 0 Å². The molecule has 0 bridgehead atoms. The molecule has 0 fully saturated rings. The van der Waals surface area contributed by atoms with Crippen LogP contribution in [-0.4, -0.2) is 51.7 Å². The van der Waals surface area contributed by atoms with Crippen molar-refractivity contribution in [3.8, 4) is 5.75 Å².